The van der Waals surface area contributed by atoms with E-state index in [1.54, 1.807) is 6.07 Å². The summed E-state index contributed by atoms with van der Waals surface area (Å²) in [6.07, 6.45) is 0.135. The molecule has 4 unspecified atom stereocenters. The molecule has 4 atom stereocenters. The fourth-order valence-corrected chi connectivity index (χ4v) is 5.79. The highest BCUT2D eigenvalue weighted by Crippen LogP contribution is 2.53. The number of aromatic hydroxyl groups is 1. The van der Waals surface area contributed by atoms with Crippen LogP contribution in [0, 0.1) is 11.8 Å². The maximum atomic E-state index is 13.8. The smallest absolute Gasteiger partial charge is 0.255 e. The van der Waals surface area contributed by atoms with Crippen molar-refractivity contribution in [2.45, 2.75) is 24.5 Å². The van der Waals surface area contributed by atoms with Gasteiger partial charge in [0.1, 0.15) is 22.8 Å². The predicted octanol–water partition coefficient (Wildman–Crippen LogP) is -1.52. The van der Waals surface area contributed by atoms with Gasteiger partial charge in [-0.3, -0.25) is 24.1 Å². The van der Waals surface area contributed by atoms with Crippen LogP contribution >= 0.6 is 0 Å². The van der Waals surface area contributed by atoms with Crippen molar-refractivity contribution < 1.29 is 44.7 Å². The molecule has 0 heterocycles. The van der Waals surface area contributed by atoms with Crippen LogP contribution in [-0.2, 0) is 25.6 Å². The fourth-order valence-electron chi connectivity index (χ4n) is 5.79. The van der Waals surface area contributed by atoms with Gasteiger partial charge in [0.15, 0.2) is 11.4 Å². The largest absolute Gasteiger partial charge is 0.508 e. The van der Waals surface area contributed by atoms with E-state index in [-0.39, 0.29) is 49.4 Å². The molecular formula is C25H30N4O9. The molecule has 204 valence electrons. The van der Waals surface area contributed by atoms with E-state index in [0.29, 0.717) is 5.56 Å². The molecule has 4 rings (SSSR count). The van der Waals surface area contributed by atoms with Gasteiger partial charge in [-0.25, -0.2) is 0 Å². The third-order valence-electron chi connectivity index (χ3n) is 7.44. The number of likely N-dealkylation sites (N-methyl/N-ethyl adjacent to an activating group) is 1. The van der Waals surface area contributed by atoms with E-state index in [9.17, 15) is 39.6 Å². The number of nitrogens with one attached hydrogen (secondary N) is 2. The summed E-state index contributed by atoms with van der Waals surface area (Å²) in [5, 5.41) is 58.5. The summed E-state index contributed by atoms with van der Waals surface area (Å²) in [7, 11) is 3.06. The Morgan fingerprint density at radius 1 is 1.18 bits per heavy atom. The lowest BCUT2D eigenvalue weighted by Crippen LogP contribution is -2.65. The van der Waals surface area contributed by atoms with Crippen LogP contribution in [0.1, 0.15) is 17.5 Å². The monoisotopic (exact) mass is 530 g/mol. The molecule has 0 bridgehead atoms. The van der Waals surface area contributed by atoms with Crippen LogP contribution in [0.25, 0.3) is 5.76 Å². The van der Waals surface area contributed by atoms with E-state index < -0.39 is 69.7 Å². The van der Waals surface area contributed by atoms with E-state index >= 15 is 0 Å². The second-order valence-electron chi connectivity index (χ2n) is 9.91. The van der Waals surface area contributed by atoms with Crippen LogP contribution in [0.2, 0.25) is 0 Å². The van der Waals surface area contributed by atoms with Gasteiger partial charge in [0, 0.05) is 18.0 Å². The topological polar surface area (TPSA) is 223 Å². The van der Waals surface area contributed by atoms with E-state index in [2.05, 4.69) is 10.6 Å². The quantitative estimate of drug-likeness (QED) is 0.115. The number of fused-ring (bicyclic) bond motifs is 3. The summed E-state index contributed by atoms with van der Waals surface area (Å²) in [5.74, 6) is -7.91. The number of hydrogen-bond acceptors (Lipinski definition) is 11. The Labute approximate surface area is 217 Å². The van der Waals surface area contributed by atoms with Crippen molar-refractivity contribution in [3.05, 3.63) is 40.2 Å². The molecule has 0 aliphatic heterocycles. The normalized spacial score (nSPS) is 26.7. The lowest BCUT2D eigenvalue weighted by Gasteiger charge is -2.50. The molecule has 1 aromatic rings. The van der Waals surface area contributed by atoms with E-state index in [1.165, 1.54) is 25.1 Å². The molecule has 9 N–H and O–H groups in total. The second-order valence-corrected chi connectivity index (χ2v) is 9.91. The molecule has 0 aromatic heterocycles. The lowest BCUT2D eigenvalue weighted by molar-refractivity contribution is -0.153. The number of hydrogen-bond donors (Lipinski definition) is 8. The molecule has 1 saturated carbocycles. The third kappa shape index (κ3) is 4.04. The molecular weight excluding hydrogens is 500 g/mol. The highest BCUT2D eigenvalue weighted by atomic mass is 16.3. The van der Waals surface area contributed by atoms with E-state index in [0.717, 1.165) is 0 Å². The Hall–Kier alpha value is -3.78. The van der Waals surface area contributed by atoms with Gasteiger partial charge < -0.3 is 41.9 Å². The van der Waals surface area contributed by atoms with Gasteiger partial charge in [0.25, 0.3) is 5.91 Å². The summed E-state index contributed by atoms with van der Waals surface area (Å²) >= 11 is 0. The van der Waals surface area contributed by atoms with Crippen LogP contribution in [-0.4, -0.2) is 99.2 Å². The first-order valence-electron chi connectivity index (χ1n) is 12.0. The van der Waals surface area contributed by atoms with E-state index in [1.807, 2.05) is 0 Å². The van der Waals surface area contributed by atoms with Crippen molar-refractivity contribution in [2.24, 2.45) is 17.6 Å². The zero-order chi connectivity index (χ0) is 28.1. The van der Waals surface area contributed by atoms with Crippen molar-refractivity contribution in [1.82, 2.24) is 10.2 Å². The van der Waals surface area contributed by atoms with E-state index in [4.69, 9.17) is 10.8 Å². The summed E-state index contributed by atoms with van der Waals surface area (Å²) in [4.78, 5) is 52.5. The number of carbonyl (C=O) groups is 4. The van der Waals surface area contributed by atoms with Gasteiger partial charge in [-0.1, -0.05) is 6.07 Å². The molecule has 2 amide bonds. The first-order valence-corrected chi connectivity index (χ1v) is 12.0. The van der Waals surface area contributed by atoms with Crippen molar-refractivity contribution in [3.8, 4) is 5.75 Å². The van der Waals surface area contributed by atoms with Gasteiger partial charge in [0.2, 0.25) is 11.7 Å². The highest BCUT2D eigenvalue weighted by molar-refractivity contribution is 6.24. The molecule has 3 aliphatic carbocycles. The second kappa shape index (κ2) is 9.83. The summed E-state index contributed by atoms with van der Waals surface area (Å²) in [6, 6.07) is 1.86. The molecule has 3 aliphatic rings. The molecule has 1 fully saturated rings. The molecule has 0 spiro atoms. The number of benzene rings is 1. The number of rotatable bonds is 7. The number of anilines is 1. The number of nitrogens with zero attached hydrogens (tertiary/aromatic N) is 1. The van der Waals surface area contributed by atoms with Gasteiger partial charge >= 0.3 is 0 Å². The number of Topliss-reactive ketones (excluding diaryl/α,β-unsaturated/α-hetero) is 2. The Morgan fingerprint density at radius 2 is 1.87 bits per heavy atom. The molecule has 13 heteroatoms. The summed E-state index contributed by atoms with van der Waals surface area (Å²) in [5.41, 5.74) is 1.73. The number of aliphatic hydroxyl groups excluding tert-OH is 3. The number of nitrogens with two attached hydrogens (primary N) is 1. The summed E-state index contributed by atoms with van der Waals surface area (Å²) in [6.45, 7) is -0.141. The number of aliphatic hydroxyl groups is 4. The maximum absolute atomic E-state index is 13.8. The molecule has 0 radical (unpaired) electrons. The number of phenolic OH excluding ortho intramolecular Hbond substituents is 1. The van der Waals surface area contributed by atoms with Crippen molar-refractivity contribution >= 4 is 34.8 Å². The SMILES string of the molecule is CN(C)C1C(=O)C(C(N)=O)=C(O)C2(O)C(=O)C3=C(O)c4c(ccc(NC(=O)CNCCO)c4O)CC3CC12. The fraction of sp³-hybridized carbons (Fsp3) is 0.440. The Bertz CT molecular complexity index is 1300. The summed E-state index contributed by atoms with van der Waals surface area (Å²) < 4.78 is 0. The van der Waals surface area contributed by atoms with Crippen LogP contribution in [0.4, 0.5) is 5.69 Å². The minimum Gasteiger partial charge on any atom is -0.508 e. The number of carbonyl (C=O) groups excluding carboxylic acids is 4. The molecule has 1 aromatic carbocycles. The van der Waals surface area contributed by atoms with Crippen LogP contribution < -0.4 is 16.4 Å². The number of amides is 2. The Balaban J connectivity index is 1.80. The van der Waals surface area contributed by atoms with Gasteiger partial charge in [-0.05, 0) is 44.5 Å². The van der Waals surface area contributed by atoms with Crippen LogP contribution in [0.3, 0.4) is 0 Å². The zero-order valence-electron chi connectivity index (χ0n) is 20.8. The average molecular weight is 531 g/mol. The molecule has 0 saturated heterocycles. The third-order valence-corrected chi connectivity index (χ3v) is 7.44. The van der Waals surface area contributed by atoms with Crippen LogP contribution in [0.15, 0.2) is 29.0 Å². The Morgan fingerprint density at radius 3 is 2.47 bits per heavy atom. The number of ketones is 2. The minimum absolute atomic E-state index is 0.0124. The van der Waals surface area contributed by atoms with Gasteiger partial charge in [0.05, 0.1) is 30.4 Å². The van der Waals surface area contributed by atoms with Gasteiger partial charge in [-0.2, -0.15) is 0 Å². The first-order chi connectivity index (χ1) is 17.9. The van der Waals surface area contributed by atoms with Crippen LogP contribution in [0.5, 0.6) is 5.75 Å². The maximum Gasteiger partial charge on any atom is 0.255 e. The zero-order valence-corrected chi connectivity index (χ0v) is 20.8. The lowest BCUT2D eigenvalue weighted by atomic mass is 9.57. The first kappa shape index (κ1) is 27.3. The number of phenols is 1. The highest BCUT2D eigenvalue weighted by Gasteiger charge is 2.64. The predicted molar refractivity (Wildman–Crippen MR) is 133 cm³/mol. The minimum atomic E-state index is -2.72. The number of primary amides is 1. The standard InChI is InChI=1S/C25H30N4O9/c1-29(2)18-12-8-11-7-10-3-4-13(28-14(31)9-27-5-6-30)19(32)15(10)20(33)16(11)22(35)25(12,38)23(36)17(21(18)34)24(26)37/h3-4,11-12,18,27,30,32-33,36,38H,5-9H2,1-2H3,(H2,26,37)(H,28,31). The van der Waals surface area contributed by atoms with Crippen molar-refractivity contribution in [2.75, 3.05) is 39.1 Å². The average Bonchev–Trinajstić information content (AvgIpc) is 2.83. The Kier molecular flexibility index (Phi) is 7.05. The molecule has 38 heavy (non-hydrogen) atoms. The van der Waals surface area contributed by atoms with Crippen molar-refractivity contribution in [3.63, 3.8) is 0 Å². The van der Waals surface area contributed by atoms with Crippen molar-refractivity contribution in [1.29, 1.82) is 0 Å². The van der Waals surface area contributed by atoms with Gasteiger partial charge in [-0.15, -0.1) is 0 Å². The molecule has 13 nitrogen and oxygen atoms in total.